The van der Waals surface area contributed by atoms with Gasteiger partial charge in [-0.1, -0.05) is 11.6 Å². The van der Waals surface area contributed by atoms with E-state index in [9.17, 15) is 13.2 Å². The Labute approximate surface area is 89.4 Å². The lowest BCUT2D eigenvalue weighted by Gasteiger charge is -2.28. The highest BCUT2D eigenvalue weighted by atomic mass is 35.5. The lowest BCUT2D eigenvalue weighted by atomic mass is 10.2. The number of anilines is 2. The highest BCUT2D eigenvalue weighted by molar-refractivity contribution is 6.31. The molecule has 1 aromatic carbocycles. The van der Waals surface area contributed by atoms with Crippen molar-refractivity contribution in [1.29, 1.82) is 0 Å². The third-order valence-electron chi connectivity index (χ3n) is 2.32. The summed E-state index contributed by atoms with van der Waals surface area (Å²) in [4.78, 5) is 0. The molecule has 82 valence electrons. The maximum absolute atomic E-state index is 12.7. The Morgan fingerprint density at radius 2 is 1.80 bits per heavy atom. The number of hydrogen-bond donors (Lipinski definition) is 2. The van der Waals surface area contributed by atoms with Crippen LogP contribution in [0.2, 0.25) is 5.02 Å². The van der Waals surface area contributed by atoms with Gasteiger partial charge >= 0.3 is 6.18 Å². The number of rotatable bonds is 0. The van der Waals surface area contributed by atoms with Gasteiger partial charge in [0.25, 0.3) is 0 Å². The molecule has 0 saturated carbocycles. The summed E-state index contributed by atoms with van der Waals surface area (Å²) in [6, 6.07) is 4.51. The first-order chi connectivity index (χ1) is 6.82. The van der Waals surface area contributed by atoms with Crippen molar-refractivity contribution in [1.82, 2.24) is 0 Å². The molecule has 1 heterocycles. The lowest BCUT2D eigenvalue weighted by Crippen LogP contribution is -2.52. The van der Waals surface area contributed by atoms with Crippen LogP contribution in [-0.4, -0.2) is 11.8 Å². The van der Waals surface area contributed by atoms with Crippen LogP contribution in [0, 0.1) is 0 Å². The van der Waals surface area contributed by atoms with E-state index in [0.29, 0.717) is 16.4 Å². The van der Waals surface area contributed by atoms with Gasteiger partial charge in [0.05, 0.1) is 11.4 Å². The molecule has 6 heteroatoms. The van der Waals surface area contributed by atoms with Crippen LogP contribution in [0.1, 0.15) is 6.92 Å². The molecule has 1 aliphatic rings. The molecule has 0 amide bonds. The van der Waals surface area contributed by atoms with Gasteiger partial charge in [-0.2, -0.15) is 13.2 Å². The third kappa shape index (κ3) is 1.61. The van der Waals surface area contributed by atoms with E-state index < -0.39 is 11.8 Å². The molecular formula is C9H8ClF3N2. The minimum Gasteiger partial charge on any atom is -0.354 e. The molecule has 0 saturated heterocycles. The van der Waals surface area contributed by atoms with Crippen LogP contribution in [0.15, 0.2) is 18.2 Å². The molecule has 1 aliphatic heterocycles. The van der Waals surface area contributed by atoms with Crippen molar-refractivity contribution in [3.05, 3.63) is 23.2 Å². The maximum atomic E-state index is 12.7. The van der Waals surface area contributed by atoms with E-state index in [0.717, 1.165) is 6.92 Å². The van der Waals surface area contributed by atoms with E-state index in [2.05, 4.69) is 10.6 Å². The van der Waals surface area contributed by atoms with Gasteiger partial charge in [-0.15, -0.1) is 0 Å². The van der Waals surface area contributed by atoms with E-state index in [4.69, 9.17) is 11.6 Å². The summed E-state index contributed by atoms with van der Waals surface area (Å²) < 4.78 is 38.0. The zero-order valence-corrected chi connectivity index (χ0v) is 8.50. The van der Waals surface area contributed by atoms with Gasteiger partial charge in [0.1, 0.15) is 0 Å². The van der Waals surface area contributed by atoms with Crippen molar-refractivity contribution >= 4 is 23.0 Å². The predicted molar refractivity (Wildman–Crippen MR) is 53.2 cm³/mol. The van der Waals surface area contributed by atoms with Gasteiger partial charge in [-0.05, 0) is 25.1 Å². The largest absolute Gasteiger partial charge is 0.429 e. The van der Waals surface area contributed by atoms with E-state index >= 15 is 0 Å². The molecule has 1 atom stereocenters. The summed E-state index contributed by atoms with van der Waals surface area (Å²) in [5, 5.41) is 5.15. The zero-order chi connectivity index (χ0) is 11.3. The highest BCUT2D eigenvalue weighted by Gasteiger charge is 2.54. The Bertz CT molecular complexity index is 405. The zero-order valence-electron chi connectivity index (χ0n) is 7.74. The molecule has 0 aromatic heterocycles. The average molecular weight is 237 g/mol. The van der Waals surface area contributed by atoms with E-state index in [1.54, 1.807) is 0 Å². The highest BCUT2D eigenvalue weighted by Crippen LogP contribution is 2.42. The molecule has 0 spiro atoms. The number of halogens is 4. The minimum absolute atomic E-state index is 0.363. The fourth-order valence-electron chi connectivity index (χ4n) is 1.44. The van der Waals surface area contributed by atoms with Crippen molar-refractivity contribution in [3.63, 3.8) is 0 Å². The van der Waals surface area contributed by atoms with Crippen LogP contribution >= 0.6 is 11.6 Å². The average Bonchev–Trinajstić information content (AvgIpc) is 2.40. The van der Waals surface area contributed by atoms with Crippen molar-refractivity contribution in [2.75, 3.05) is 10.6 Å². The molecule has 1 aromatic rings. The summed E-state index contributed by atoms with van der Waals surface area (Å²) in [6.45, 7) is 1.04. The summed E-state index contributed by atoms with van der Waals surface area (Å²) >= 11 is 5.68. The first kappa shape index (κ1) is 10.4. The first-order valence-corrected chi connectivity index (χ1v) is 4.62. The number of nitrogens with one attached hydrogen (secondary N) is 2. The summed E-state index contributed by atoms with van der Waals surface area (Å²) in [5.74, 6) is 0. The second-order valence-electron chi connectivity index (χ2n) is 3.56. The quantitative estimate of drug-likeness (QED) is 0.721. The number of benzene rings is 1. The first-order valence-electron chi connectivity index (χ1n) is 4.24. The molecule has 1 unspecified atom stereocenters. The van der Waals surface area contributed by atoms with Gasteiger partial charge in [-0.3, -0.25) is 0 Å². The van der Waals surface area contributed by atoms with Gasteiger partial charge in [-0.25, -0.2) is 0 Å². The van der Waals surface area contributed by atoms with Crippen LogP contribution < -0.4 is 10.6 Å². The minimum atomic E-state index is -4.38. The normalized spacial score (nSPS) is 24.3. The van der Waals surface area contributed by atoms with Gasteiger partial charge in [0.15, 0.2) is 0 Å². The van der Waals surface area contributed by atoms with Crippen LogP contribution in [0.25, 0.3) is 0 Å². The Morgan fingerprint density at radius 3 is 2.40 bits per heavy atom. The Kier molecular flexibility index (Phi) is 2.05. The molecule has 0 aliphatic carbocycles. The number of fused-ring (bicyclic) bond motifs is 1. The molecule has 2 nitrogen and oxygen atoms in total. The fourth-order valence-corrected chi connectivity index (χ4v) is 1.61. The molecule has 15 heavy (non-hydrogen) atoms. The summed E-state index contributed by atoms with van der Waals surface area (Å²) in [7, 11) is 0. The van der Waals surface area contributed by atoms with Crippen LogP contribution in [0.4, 0.5) is 24.5 Å². The van der Waals surface area contributed by atoms with Gasteiger partial charge in [0.2, 0.25) is 5.66 Å². The van der Waals surface area contributed by atoms with E-state index in [1.165, 1.54) is 18.2 Å². The topological polar surface area (TPSA) is 24.1 Å². The molecule has 0 fully saturated rings. The second-order valence-corrected chi connectivity index (χ2v) is 4.00. The van der Waals surface area contributed by atoms with Crippen molar-refractivity contribution < 1.29 is 13.2 Å². The standard InChI is InChI=1S/C9H8ClF3N2/c1-8(9(11,12)13)14-6-3-2-5(10)4-7(6)15-8/h2-4,14-15H,1H3. The van der Waals surface area contributed by atoms with E-state index in [-0.39, 0.29) is 0 Å². The number of hydrogen-bond acceptors (Lipinski definition) is 2. The maximum Gasteiger partial charge on any atom is 0.429 e. The lowest BCUT2D eigenvalue weighted by molar-refractivity contribution is -0.164. The fraction of sp³-hybridized carbons (Fsp3) is 0.333. The Morgan fingerprint density at radius 1 is 1.20 bits per heavy atom. The van der Waals surface area contributed by atoms with Crippen LogP contribution in [-0.2, 0) is 0 Å². The summed E-state index contributed by atoms with van der Waals surface area (Å²) in [6.07, 6.45) is -4.38. The summed E-state index contributed by atoms with van der Waals surface area (Å²) in [5.41, 5.74) is -1.36. The molecule has 0 radical (unpaired) electrons. The van der Waals surface area contributed by atoms with Gasteiger partial charge < -0.3 is 10.6 Å². The van der Waals surface area contributed by atoms with Crippen molar-refractivity contribution in [3.8, 4) is 0 Å². The van der Waals surface area contributed by atoms with Crippen LogP contribution in [0.5, 0.6) is 0 Å². The molecule has 2 rings (SSSR count). The molecule has 0 bridgehead atoms. The van der Waals surface area contributed by atoms with E-state index in [1.807, 2.05) is 0 Å². The van der Waals surface area contributed by atoms with Crippen LogP contribution in [0.3, 0.4) is 0 Å². The number of alkyl halides is 3. The van der Waals surface area contributed by atoms with Crippen molar-refractivity contribution in [2.45, 2.75) is 18.8 Å². The second kappa shape index (κ2) is 2.95. The third-order valence-corrected chi connectivity index (χ3v) is 2.55. The predicted octanol–water partition coefficient (Wildman–Crippen LogP) is 3.46. The monoisotopic (exact) mass is 236 g/mol. The Balaban J connectivity index is 2.37. The molecular weight excluding hydrogens is 229 g/mol. The van der Waals surface area contributed by atoms with Crippen molar-refractivity contribution in [2.24, 2.45) is 0 Å². The Hall–Kier alpha value is -1.10. The molecule has 2 N–H and O–H groups in total. The van der Waals surface area contributed by atoms with Gasteiger partial charge in [0, 0.05) is 5.02 Å². The SMILES string of the molecule is CC1(C(F)(F)F)Nc2ccc(Cl)cc2N1. The smallest absolute Gasteiger partial charge is 0.354 e.